The van der Waals surface area contributed by atoms with E-state index in [4.69, 9.17) is 24.9 Å². The van der Waals surface area contributed by atoms with Crippen LogP contribution in [0.25, 0.3) is 32.0 Å². The highest BCUT2D eigenvalue weighted by atomic mass is 32.1. The molecule has 0 bridgehead atoms. The largest absolute Gasteiger partial charge is 0.497 e. The maximum atomic E-state index is 13.8. The number of nitrogens with zero attached hydrogens (tertiary/aromatic N) is 2. The predicted molar refractivity (Wildman–Crippen MR) is 148 cm³/mol. The number of fused-ring (bicyclic) bond motifs is 1. The van der Waals surface area contributed by atoms with Crippen LogP contribution in [-0.4, -0.2) is 30.9 Å². The maximum Gasteiger partial charge on any atom is 0.262 e. The Morgan fingerprint density at radius 3 is 2.32 bits per heavy atom. The zero-order valence-electron chi connectivity index (χ0n) is 20.9. The molecule has 0 aliphatic rings. The molecule has 0 saturated carbocycles. The Morgan fingerprint density at radius 2 is 1.57 bits per heavy atom. The third-order valence-corrected chi connectivity index (χ3v) is 7.34. The molecule has 5 aromatic rings. The fraction of sp³-hybridized carbons (Fsp3) is 0.172. The lowest BCUT2D eigenvalue weighted by molar-refractivity contribution is 0.395. The van der Waals surface area contributed by atoms with Crippen LogP contribution in [0.5, 0.6) is 17.2 Å². The van der Waals surface area contributed by atoms with Crippen molar-refractivity contribution in [2.75, 3.05) is 21.3 Å². The first kappa shape index (κ1) is 24.5. The summed E-state index contributed by atoms with van der Waals surface area (Å²) in [5.74, 6) is 2.64. The summed E-state index contributed by atoms with van der Waals surface area (Å²) in [4.78, 5) is 20.6. The van der Waals surface area contributed by atoms with E-state index in [1.165, 1.54) is 0 Å². The topological polar surface area (TPSA) is 88.6 Å². The Hall–Kier alpha value is -4.14. The van der Waals surface area contributed by atoms with E-state index in [2.05, 4.69) is 0 Å². The molecule has 2 N–H and O–H groups in total. The lowest BCUT2D eigenvalue weighted by atomic mass is 10.1. The first-order valence-electron chi connectivity index (χ1n) is 11.7. The Balaban J connectivity index is 1.67. The summed E-state index contributed by atoms with van der Waals surface area (Å²) < 4.78 is 18.0. The number of thiophene rings is 1. The average molecular weight is 514 g/mol. The summed E-state index contributed by atoms with van der Waals surface area (Å²) in [6.45, 7) is 0.794. The van der Waals surface area contributed by atoms with E-state index in [0.29, 0.717) is 41.3 Å². The molecule has 0 aliphatic heterocycles. The molecule has 0 amide bonds. The van der Waals surface area contributed by atoms with Gasteiger partial charge in [0.1, 0.15) is 17.2 Å². The second-order valence-corrected chi connectivity index (χ2v) is 9.55. The molecule has 7 nitrogen and oxygen atoms in total. The van der Waals surface area contributed by atoms with Gasteiger partial charge in [-0.1, -0.05) is 24.3 Å². The number of ether oxygens (including phenoxy) is 3. The van der Waals surface area contributed by atoms with Crippen LogP contribution >= 0.6 is 11.3 Å². The zero-order valence-corrected chi connectivity index (χ0v) is 21.7. The second-order valence-electron chi connectivity index (χ2n) is 8.46. The van der Waals surface area contributed by atoms with E-state index in [0.717, 1.165) is 32.2 Å². The van der Waals surface area contributed by atoms with Crippen molar-refractivity contribution in [3.05, 3.63) is 94.3 Å². The molecule has 2 aromatic heterocycles. The van der Waals surface area contributed by atoms with Crippen molar-refractivity contribution in [2.45, 2.75) is 13.1 Å². The summed E-state index contributed by atoms with van der Waals surface area (Å²) in [7, 11) is 4.85. The van der Waals surface area contributed by atoms with Crippen molar-refractivity contribution in [1.29, 1.82) is 0 Å². The maximum absolute atomic E-state index is 13.8. The molecule has 0 unspecified atom stereocenters. The number of hydrogen-bond acceptors (Lipinski definition) is 7. The molecule has 3 aromatic carbocycles. The highest BCUT2D eigenvalue weighted by Gasteiger charge is 2.18. The van der Waals surface area contributed by atoms with Crippen LogP contribution in [0.15, 0.2) is 77.6 Å². The minimum absolute atomic E-state index is 0.131. The number of rotatable bonds is 8. The van der Waals surface area contributed by atoms with Gasteiger partial charge >= 0.3 is 0 Å². The first-order chi connectivity index (χ1) is 18.0. The fourth-order valence-corrected chi connectivity index (χ4v) is 5.34. The number of hydrogen-bond donors (Lipinski definition) is 1. The Morgan fingerprint density at radius 1 is 0.838 bits per heavy atom. The zero-order chi connectivity index (χ0) is 25.9. The summed E-state index contributed by atoms with van der Waals surface area (Å²) in [5, 5.41) is 0.506. The Bertz CT molecular complexity index is 1640. The van der Waals surface area contributed by atoms with Crippen molar-refractivity contribution >= 4 is 22.2 Å². The highest BCUT2D eigenvalue weighted by Crippen LogP contribution is 2.40. The summed E-state index contributed by atoms with van der Waals surface area (Å²) in [6, 6.07) is 23.1. The van der Waals surface area contributed by atoms with E-state index in [1.54, 1.807) is 43.3 Å². The summed E-state index contributed by atoms with van der Waals surface area (Å²) in [6.07, 6.45) is 0. The Kier molecular flexibility index (Phi) is 6.94. The first-order valence-corrected chi connectivity index (χ1v) is 12.6. The number of nitrogens with two attached hydrogens (primary N) is 1. The Labute approximate surface area is 218 Å². The van der Waals surface area contributed by atoms with Gasteiger partial charge in [-0.15, -0.1) is 11.3 Å². The van der Waals surface area contributed by atoms with E-state index < -0.39 is 0 Å². The van der Waals surface area contributed by atoms with Crippen LogP contribution in [0.2, 0.25) is 0 Å². The molecule has 5 rings (SSSR count). The van der Waals surface area contributed by atoms with Gasteiger partial charge in [-0.05, 0) is 53.6 Å². The number of benzene rings is 3. The standard InChI is InChI=1S/C29H27N3O4S/c1-34-20-8-10-24-23(14-20)29(33)32(17-19-6-4-5-18(13-19)16-30)28(31-24)27-12-11-26(37-27)22-9-7-21(35-2)15-25(22)36-3/h4-15H,16-17,30H2,1-3H3. The molecule has 188 valence electrons. The normalized spacial score (nSPS) is 11.0. The molecule has 0 radical (unpaired) electrons. The molecule has 0 saturated heterocycles. The molecular weight excluding hydrogens is 486 g/mol. The van der Waals surface area contributed by atoms with Gasteiger partial charge in [-0.25, -0.2) is 4.98 Å². The van der Waals surface area contributed by atoms with E-state index in [1.807, 2.05) is 66.7 Å². The van der Waals surface area contributed by atoms with Gasteiger partial charge in [0.15, 0.2) is 5.82 Å². The minimum atomic E-state index is -0.131. The smallest absolute Gasteiger partial charge is 0.262 e. The van der Waals surface area contributed by atoms with Gasteiger partial charge in [0.25, 0.3) is 5.56 Å². The minimum Gasteiger partial charge on any atom is -0.497 e. The molecule has 37 heavy (non-hydrogen) atoms. The number of methoxy groups -OCH3 is 3. The second kappa shape index (κ2) is 10.5. The van der Waals surface area contributed by atoms with Crippen molar-refractivity contribution in [2.24, 2.45) is 5.73 Å². The molecule has 0 spiro atoms. The quantitative estimate of drug-likeness (QED) is 0.302. The van der Waals surface area contributed by atoms with Crippen LogP contribution < -0.4 is 25.5 Å². The van der Waals surface area contributed by atoms with Gasteiger partial charge in [0, 0.05) is 23.1 Å². The highest BCUT2D eigenvalue weighted by molar-refractivity contribution is 7.18. The third kappa shape index (κ3) is 4.81. The molecule has 0 fully saturated rings. The van der Waals surface area contributed by atoms with Gasteiger partial charge in [-0.3, -0.25) is 9.36 Å². The van der Waals surface area contributed by atoms with E-state index >= 15 is 0 Å². The average Bonchev–Trinajstić information content (AvgIpc) is 3.43. The summed E-state index contributed by atoms with van der Waals surface area (Å²) in [5.41, 5.74) is 9.27. The molecular formula is C29H27N3O4S. The van der Waals surface area contributed by atoms with Crippen LogP contribution in [0, 0.1) is 0 Å². The van der Waals surface area contributed by atoms with Gasteiger partial charge in [-0.2, -0.15) is 0 Å². The summed E-state index contributed by atoms with van der Waals surface area (Å²) >= 11 is 1.55. The molecule has 8 heteroatoms. The van der Waals surface area contributed by atoms with Crippen molar-refractivity contribution in [1.82, 2.24) is 9.55 Å². The molecule has 0 aliphatic carbocycles. The van der Waals surface area contributed by atoms with Crippen molar-refractivity contribution in [3.63, 3.8) is 0 Å². The molecule has 2 heterocycles. The van der Waals surface area contributed by atoms with Crippen LogP contribution in [0.1, 0.15) is 11.1 Å². The third-order valence-electron chi connectivity index (χ3n) is 6.23. The van der Waals surface area contributed by atoms with Crippen molar-refractivity contribution in [3.8, 4) is 38.4 Å². The SMILES string of the molecule is COc1ccc(-c2ccc(-c3nc4ccc(OC)cc4c(=O)n3Cc3cccc(CN)c3)s2)c(OC)c1. The number of aromatic nitrogens is 2. The van der Waals surface area contributed by atoms with Gasteiger partial charge in [0.05, 0.1) is 43.7 Å². The van der Waals surface area contributed by atoms with Gasteiger partial charge in [0.2, 0.25) is 0 Å². The lowest BCUT2D eigenvalue weighted by Gasteiger charge is -2.14. The van der Waals surface area contributed by atoms with Crippen LogP contribution in [0.3, 0.4) is 0 Å². The lowest BCUT2D eigenvalue weighted by Crippen LogP contribution is -2.24. The van der Waals surface area contributed by atoms with E-state index in [-0.39, 0.29) is 5.56 Å². The predicted octanol–water partition coefficient (Wildman–Crippen LogP) is 5.32. The van der Waals surface area contributed by atoms with Crippen molar-refractivity contribution < 1.29 is 14.2 Å². The molecule has 0 atom stereocenters. The van der Waals surface area contributed by atoms with Crippen LogP contribution in [0.4, 0.5) is 0 Å². The monoisotopic (exact) mass is 513 g/mol. The van der Waals surface area contributed by atoms with E-state index in [9.17, 15) is 4.79 Å². The van der Waals surface area contributed by atoms with Crippen LogP contribution in [-0.2, 0) is 13.1 Å². The van der Waals surface area contributed by atoms with Gasteiger partial charge < -0.3 is 19.9 Å². The fourth-order valence-electron chi connectivity index (χ4n) is 4.30.